The van der Waals surface area contributed by atoms with Crippen LogP contribution in [0.2, 0.25) is 0 Å². The molecule has 2 rings (SSSR count). The lowest BCUT2D eigenvalue weighted by Gasteiger charge is -2.18. The van der Waals surface area contributed by atoms with E-state index in [9.17, 15) is 0 Å². The smallest absolute Gasteiger partial charge is 0.0824 e. The Morgan fingerprint density at radius 3 is 1.63 bits per heavy atom. The van der Waals surface area contributed by atoms with Gasteiger partial charge in [0.15, 0.2) is 0 Å². The minimum atomic E-state index is 0.199. The number of nitrogens with two attached hydrogens (primary N) is 6. The van der Waals surface area contributed by atoms with Gasteiger partial charge in [-0.15, -0.1) is 0 Å². The zero-order valence-corrected chi connectivity index (χ0v) is 10.7. The normalized spacial score (nSPS) is 10.6. The van der Waals surface area contributed by atoms with Crippen molar-refractivity contribution in [3.8, 4) is 11.1 Å². The van der Waals surface area contributed by atoms with Gasteiger partial charge in [-0.1, -0.05) is 18.2 Å². The fourth-order valence-electron chi connectivity index (χ4n) is 2.04. The molecular formula is C13H18N6. The third kappa shape index (κ3) is 1.74. The van der Waals surface area contributed by atoms with E-state index in [0.717, 1.165) is 5.56 Å². The quantitative estimate of drug-likeness (QED) is 0.421. The van der Waals surface area contributed by atoms with Crippen molar-refractivity contribution in [1.29, 1.82) is 0 Å². The molecule has 12 N–H and O–H groups in total. The van der Waals surface area contributed by atoms with Crippen molar-refractivity contribution in [2.45, 2.75) is 6.92 Å². The van der Waals surface area contributed by atoms with Gasteiger partial charge in [0.05, 0.1) is 28.4 Å². The van der Waals surface area contributed by atoms with Crippen LogP contribution in [-0.2, 0) is 0 Å². The SMILES string of the molecule is Cc1cccc(-c2c(N)c(N)c(N)c(N)c2N)c1N. The molecule has 0 heterocycles. The molecule has 0 unspecified atom stereocenters. The number of hydrogen-bond donors (Lipinski definition) is 6. The Hall–Kier alpha value is -2.76. The first-order valence-corrected chi connectivity index (χ1v) is 5.73. The molecule has 100 valence electrons. The zero-order chi connectivity index (χ0) is 14.3. The molecule has 0 fully saturated rings. The number of aryl methyl sites for hydroxylation is 1. The first-order chi connectivity index (χ1) is 8.86. The second-order valence-corrected chi connectivity index (χ2v) is 4.48. The van der Waals surface area contributed by atoms with Gasteiger partial charge in [0.1, 0.15) is 0 Å². The van der Waals surface area contributed by atoms with Crippen LogP contribution in [0.15, 0.2) is 18.2 Å². The Labute approximate surface area is 111 Å². The van der Waals surface area contributed by atoms with Crippen molar-refractivity contribution in [2.24, 2.45) is 0 Å². The van der Waals surface area contributed by atoms with Gasteiger partial charge in [-0.25, -0.2) is 0 Å². The van der Waals surface area contributed by atoms with Gasteiger partial charge in [-0.3, -0.25) is 0 Å². The molecule has 0 saturated carbocycles. The highest BCUT2D eigenvalue weighted by Crippen LogP contribution is 2.46. The Morgan fingerprint density at radius 2 is 1.11 bits per heavy atom. The maximum atomic E-state index is 6.07. The standard InChI is InChI=1S/C13H18N6/c1-5-3-2-4-6(8(5)14)7-9(15)11(17)13(19)12(18)10(7)16/h2-4H,14-19H2,1H3. The lowest BCUT2D eigenvalue weighted by Crippen LogP contribution is -2.10. The summed E-state index contributed by atoms with van der Waals surface area (Å²) in [6, 6.07) is 5.58. The summed E-state index contributed by atoms with van der Waals surface area (Å²) < 4.78 is 0. The van der Waals surface area contributed by atoms with E-state index < -0.39 is 0 Å². The van der Waals surface area contributed by atoms with Crippen molar-refractivity contribution in [3.63, 3.8) is 0 Å². The molecule has 0 bridgehead atoms. The average Bonchev–Trinajstić information content (AvgIpc) is 2.39. The van der Waals surface area contributed by atoms with Gasteiger partial charge >= 0.3 is 0 Å². The van der Waals surface area contributed by atoms with Gasteiger partial charge in [0, 0.05) is 16.8 Å². The summed E-state index contributed by atoms with van der Waals surface area (Å²) in [7, 11) is 0. The van der Waals surface area contributed by atoms with E-state index in [1.165, 1.54) is 0 Å². The summed E-state index contributed by atoms with van der Waals surface area (Å²) in [5, 5.41) is 0. The lowest BCUT2D eigenvalue weighted by molar-refractivity contribution is 1.46. The van der Waals surface area contributed by atoms with E-state index in [1.807, 2.05) is 25.1 Å². The molecule has 0 amide bonds. The molecule has 6 heteroatoms. The molecule has 0 radical (unpaired) electrons. The molecule has 19 heavy (non-hydrogen) atoms. The first kappa shape index (κ1) is 12.7. The van der Waals surface area contributed by atoms with Crippen LogP contribution in [-0.4, -0.2) is 0 Å². The number of para-hydroxylation sites is 1. The molecule has 2 aromatic carbocycles. The third-order valence-corrected chi connectivity index (χ3v) is 3.29. The maximum Gasteiger partial charge on any atom is 0.0824 e. The molecular weight excluding hydrogens is 240 g/mol. The van der Waals surface area contributed by atoms with Crippen molar-refractivity contribution in [1.82, 2.24) is 0 Å². The van der Waals surface area contributed by atoms with Gasteiger partial charge in [0.25, 0.3) is 0 Å². The van der Waals surface area contributed by atoms with Gasteiger partial charge < -0.3 is 34.4 Å². The minimum absolute atomic E-state index is 0.199. The zero-order valence-electron chi connectivity index (χ0n) is 10.7. The van der Waals surface area contributed by atoms with E-state index in [2.05, 4.69) is 0 Å². The second-order valence-electron chi connectivity index (χ2n) is 4.48. The van der Waals surface area contributed by atoms with Crippen LogP contribution in [0.4, 0.5) is 34.1 Å². The van der Waals surface area contributed by atoms with Crippen molar-refractivity contribution >= 4 is 34.1 Å². The average molecular weight is 258 g/mol. The predicted molar refractivity (Wildman–Crippen MR) is 83.1 cm³/mol. The van der Waals surface area contributed by atoms with Crippen molar-refractivity contribution < 1.29 is 0 Å². The number of rotatable bonds is 1. The Bertz CT molecular complexity index is 634. The molecule has 0 spiro atoms. The minimum Gasteiger partial charge on any atom is -0.398 e. The number of anilines is 6. The van der Waals surface area contributed by atoms with Crippen LogP contribution in [0.5, 0.6) is 0 Å². The van der Waals surface area contributed by atoms with Gasteiger partial charge in [0.2, 0.25) is 0 Å². The Balaban J connectivity index is 2.87. The maximum absolute atomic E-state index is 6.07. The summed E-state index contributed by atoms with van der Waals surface area (Å²) in [6.07, 6.45) is 0. The Morgan fingerprint density at radius 1 is 0.632 bits per heavy atom. The summed E-state index contributed by atoms with van der Waals surface area (Å²) in [4.78, 5) is 0. The molecule has 0 aliphatic carbocycles. The van der Waals surface area contributed by atoms with E-state index in [1.54, 1.807) is 0 Å². The number of nitrogen functional groups attached to an aromatic ring is 6. The van der Waals surface area contributed by atoms with Gasteiger partial charge in [-0.05, 0) is 12.5 Å². The number of benzene rings is 2. The van der Waals surface area contributed by atoms with E-state index in [-0.39, 0.29) is 17.1 Å². The summed E-state index contributed by atoms with van der Waals surface area (Å²) in [6.45, 7) is 1.90. The van der Waals surface area contributed by atoms with Crippen LogP contribution in [0.3, 0.4) is 0 Å². The highest BCUT2D eigenvalue weighted by molar-refractivity contribution is 6.07. The van der Waals surface area contributed by atoms with Gasteiger partial charge in [-0.2, -0.15) is 0 Å². The molecule has 0 atom stereocenters. The summed E-state index contributed by atoms with van der Waals surface area (Å²) in [5.74, 6) is 0. The van der Waals surface area contributed by atoms with E-state index in [4.69, 9.17) is 34.4 Å². The fourth-order valence-corrected chi connectivity index (χ4v) is 2.04. The molecule has 0 aliphatic rings. The topological polar surface area (TPSA) is 156 Å². The van der Waals surface area contributed by atoms with Crippen LogP contribution < -0.4 is 34.4 Å². The molecule has 0 aromatic heterocycles. The third-order valence-electron chi connectivity index (χ3n) is 3.29. The summed E-state index contributed by atoms with van der Waals surface area (Å²) >= 11 is 0. The van der Waals surface area contributed by atoms with Crippen molar-refractivity contribution in [2.75, 3.05) is 34.4 Å². The van der Waals surface area contributed by atoms with E-state index in [0.29, 0.717) is 28.2 Å². The molecule has 0 aliphatic heterocycles. The highest BCUT2D eigenvalue weighted by atomic mass is 14.8. The Kier molecular flexibility index (Phi) is 2.78. The summed E-state index contributed by atoms with van der Waals surface area (Å²) in [5.41, 5.74) is 39.5. The largest absolute Gasteiger partial charge is 0.398 e. The predicted octanol–water partition coefficient (Wildman–Crippen LogP) is 1.16. The first-order valence-electron chi connectivity index (χ1n) is 5.73. The lowest BCUT2D eigenvalue weighted by atomic mass is 9.95. The monoisotopic (exact) mass is 258 g/mol. The van der Waals surface area contributed by atoms with Crippen LogP contribution in [0.1, 0.15) is 5.56 Å². The molecule has 6 nitrogen and oxygen atoms in total. The molecule has 2 aromatic rings. The van der Waals surface area contributed by atoms with Crippen molar-refractivity contribution in [3.05, 3.63) is 23.8 Å². The number of hydrogen-bond acceptors (Lipinski definition) is 6. The van der Waals surface area contributed by atoms with Crippen LogP contribution in [0, 0.1) is 6.92 Å². The van der Waals surface area contributed by atoms with Crippen LogP contribution >= 0.6 is 0 Å². The van der Waals surface area contributed by atoms with Crippen LogP contribution in [0.25, 0.3) is 11.1 Å². The second kappa shape index (κ2) is 4.16. The fraction of sp³-hybridized carbons (Fsp3) is 0.0769. The molecule has 0 saturated heterocycles. The highest BCUT2D eigenvalue weighted by Gasteiger charge is 2.19. The van der Waals surface area contributed by atoms with E-state index >= 15 is 0 Å².